The molecule has 5 aromatic rings. The van der Waals surface area contributed by atoms with Crippen molar-refractivity contribution >= 4 is 52.0 Å². The molecule has 0 heterocycles. The Bertz CT molecular complexity index is 1850. The minimum Gasteiger partial charge on any atom is -0.207 e. The van der Waals surface area contributed by atoms with Crippen LogP contribution in [-0.2, 0) is 0 Å². The van der Waals surface area contributed by atoms with Gasteiger partial charge in [0.1, 0.15) is 46.7 Å². The highest BCUT2D eigenvalue weighted by Crippen LogP contribution is 2.59. The average Bonchev–Trinajstić information content (AvgIpc) is 3.12. The molecule has 0 saturated carbocycles. The maximum Gasteiger partial charge on any atom is 0.200 e. The van der Waals surface area contributed by atoms with Gasteiger partial charge in [0.2, 0.25) is 0 Å². The van der Waals surface area contributed by atoms with Crippen LogP contribution >= 0.6 is 18.9 Å². The summed E-state index contributed by atoms with van der Waals surface area (Å²) < 4.78 is 230. The fourth-order valence-electron chi connectivity index (χ4n) is 6.31. The van der Waals surface area contributed by atoms with Crippen molar-refractivity contribution in [3.05, 3.63) is 148 Å². The second-order valence-electron chi connectivity index (χ2n) is 10.9. The molecule has 18 heteroatoms. The lowest BCUT2D eigenvalue weighted by Gasteiger charge is -2.46. The molecule has 0 saturated heterocycles. The van der Waals surface area contributed by atoms with E-state index in [0.717, 1.165) is 0 Å². The molecule has 0 aliphatic heterocycles. The standard InChI is InChI=1S/C32H14BClF15P/c34-12-50(13-7-3-1-4-8-13,14-9-5-2-6-10-14)11-33(15-18(35)24(41)30(47)25(42)19(15)36,16-20(37)26(43)31(48)27(44)21(16)38)17-22(39)28(45)32(49)29(46)23(17)40/h1-10H,11-12H2. The molecule has 0 fully saturated rings. The van der Waals surface area contributed by atoms with Gasteiger partial charge in [-0.2, -0.15) is 0 Å². The fourth-order valence-corrected chi connectivity index (χ4v) is 11.5. The Morgan fingerprint density at radius 1 is 0.360 bits per heavy atom. The second-order valence-corrected chi connectivity index (χ2v) is 15.2. The van der Waals surface area contributed by atoms with E-state index in [-0.39, 0.29) is 10.6 Å². The van der Waals surface area contributed by atoms with Crippen molar-refractivity contribution in [2.75, 3.05) is 11.7 Å². The van der Waals surface area contributed by atoms with E-state index in [4.69, 9.17) is 11.6 Å². The molecule has 0 N–H and O–H groups in total. The first kappa shape index (κ1) is 37.1. The SMILES string of the molecule is Fc1c(F)c(F)c([B-](C[P+](CCl)(c2ccccc2)c2ccccc2)(c2c(F)c(F)c(F)c(F)c2F)c2c(F)c(F)c(F)c(F)c2F)c(F)c1F. The van der Waals surface area contributed by atoms with E-state index in [1.165, 1.54) is 60.7 Å². The first-order valence-electron chi connectivity index (χ1n) is 13.8. The van der Waals surface area contributed by atoms with Gasteiger partial charge in [0.05, 0.1) is 17.9 Å². The van der Waals surface area contributed by atoms with Gasteiger partial charge >= 0.3 is 0 Å². The van der Waals surface area contributed by atoms with Gasteiger partial charge in [-0.3, -0.25) is 0 Å². The Morgan fingerprint density at radius 2 is 0.580 bits per heavy atom. The van der Waals surface area contributed by atoms with Gasteiger partial charge in [0.25, 0.3) is 0 Å². The largest absolute Gasteiger partial charge is 0.207 e. The highest BCUT2D eigenvalue weighted by atomic mass is 35.5. The number of benzene rings is 5. The van der Waals surface area contributed by atoms with Gasteiger partial charge in [-0.05, 0) is 30.3 Å². The average molecular weight is 761 g/mol. The summed E-state index contributed by atoms with van der Waals surface area (Å²) in [6, 6.07) is 10.7. The summed E-state index contributed by atoms with van der Waals surface area (Å²) in [7, 11) is -4.27. The summed E-state index contributed by atoms with van der Waals surface area (Å²) in [5.74, 6) is -45.6. The first-order chi connectivity index (χ1) is 23.5. The van der Waals surface area contributed by atoms with Gasteiger partial charge in [-0.1, -0.05) is 48.0 Å². The monoisotopic (exact) mass is 760 g/mol. The topological polar surface area (TPSA) is 0 Å². The number of rotatable bonds is 8. The van der Waals surface area contributed by atoms with E-state index in [2.05, 4.69) is 0 Å². The smallest absolute Gasteiger partial charge is 0.200 e. The van der Waals surface area contributed by atoms with Crippen molar-refractivity contribution in [2.45, 2.75) is 0 Å². The minimum atomic E-state index is -5.82. The van der Waals surface area contributed by atoms with Crippen LogP contribution in [0.5, 0.6) is 0 Å². The predicted molar refractivity (Wildman–Crippen MR) is 158 cm³/mol. The lowest BCUT2D eigenvalue weighted by Crippen LogP contribution is -2.76. The number of alkyl halides is 1. The van der Waals surface area contributed by atoms with Crippen molar-refractivity contribution in [3.63, 3.8) is 0 Å². The van der Waals surface area contributed by atoms with E-state index in [0.29, 0.717) is 0 Å². The predicted octanol–water partition coefficient (Wildman–Crippen LogP) is 7.65. The molecule has 50 heavy (non-hydrogen) atoms. The quantitative estimate of drug-likeness (QED) is 0.0381. The van der Waals surface area contributed by atoms with Gasteiger partial charge in [0.15, 0.2) is 52.4 Å². The molecule has 5 rings (SSSR count). The lowest BCUT2D eigenvalue weighted by atomic mass is 9.16. The summed E-state index contributed by atoms with van der Waals surface area (Å²) in [4.78, 5) is 0. The van der Waals surface area contributed by atoms with Crippen LogP contribution < -0.4 is 27.0 Å². The van der Waals surface area contributed by atoms with Crippen LogP contribution in [0, 0.1) is 87.3 Å². The van der Waals surface area contributed by atoms with E-state index < -0.39 is 129 Å². The summed E-state index contributed by atoms with van der Waals surface area (Å²) in [6.07, 6.45) is -5.82. The molecule has 0 amide bonds. The summed E-state index contributed by atoms with van der Waals surface area (Å²) in [5, 5.41) is -0.270. The van der Waals surface area contributed by atoms with E-state index in [9.17, 15) is 13.2 Å². The van der Waals surface area contributed by atoms with Crippen LogP contribution in [0.2, 0.25) is 0 Å². The Balaban J connectivity index is 2.23. The number of halogens is 16. The van der Waals surface area contributed by atoms with Crippen LogP contribution in [-0.4, -0.2) is 17.8 Å². The maximum atomic E-state index is 16.1. The molecular formula is C32H14BClF15P. The Kier molecular flexibility index (Phi) is 10.0. The molecule has 0 aliphatic carbocycles. The third kappa shape index (κ3) is 5.33. The zero-order valence-electron chi connectivity index (χ0n) is 24.3. The van der Waals surface area contributed by atoms with Crippen LogP contribution in [0.15, 0.2) is 60.7 Å². The Hall–Kier alpha value is -4.17. The molecule has 262 valence electrons. The van der Waals surface area contributed by atoms with Crippen LogP contribution in [0.4, 0.5) is 65.9 Å². The van der Waals surface area contributed by atoms with E-state index in [1.54, 1.807) is 0 Å². The van der Waals surface area contributed by atoms with Crippen molar-refractivity contribution in [1.29, 1.82) is 0 Å². The molecule has 0 nitrogen and oxygen atoms in total. The van der Waals surface area contributed by atoms with Crippen LogP contribution in [0.1, 0.15) is 0 Å². The Labute approximate surface area is 277 Å². The van der Waals surface area contributed by atoms with Crippen LogP contribution in [0.3, 0.4) is 0 Å². The van der Waals surface area contributed by atoms with Crippen molar-refractivity contribution in [3.8, 4) is 0 Å². The van der Waals surface area contributed by atoms with Crippen molar-refractivity contribution in [1.82, 2.24) is 0 Å². The molecule has 0 aromatic heterocycles. The number of hydrogen-bond acceptors (Lipinski definition) is 0. The minimum absolute atomic E-state index is 0.135. The number of hydrogen-bond donors (Lipinski definition) is 0. The van der Waals surface area contributed by atoms with Gasteiger partial charge in [-0.25, -0.2) is 65.9 Å². The zero-order valence-corrected chi connectivity index (χ0v) is 25.9. The van der Waals surface area contributed by atoms with Crippen LogP contribution in [0.25, 0.3) is 0 Å². The van der Waals surface area contributed by atoms with E-state index >= 15 is 52.7 Å². The molecule has 0 atom stereocenters. The highest BCUT2D eigenvalue weighted by molar-refractivity contribution is 7.92. The summed E-state index contributed by atoms with van der Waals surface area (Å²) in [6.45, 7) is 0. The van der Waals surface area contributed by atoms with Crippen molar-refractivity contribution < 1.29 is 65.9 Å². The lowest BCUT2D eigenvalue weighted by molar-refractivity contribution is 0.379. The Morgan fingerprint density at radius 3 is 0.800 bits per heavy atom. The highest BCUT2D eigenvalue weighted by Gasteiger charge is 2.55. The normalized spacial score (nSPS) is 12.2. The molecule has 0 bridgehead atoms. The van der Waals surface area contributed by atoms with Gasteiger partial charge < -0.3 is 0 Å². The fraction of sp³-hybridized carbons (Fsp3) is 0.0625. The molecular weight excluding hydrogens is 747 g/mol. The molecule has 0 aliphatic rings. The maximum absolute atomic E-state index is 16.1. The molecule has 0 radical (unpaired) electrons. The zero-order chi connectivity index (χ0) is 37.0. The van der Waals surface area contributed by atoms with E-state index in [1.807, 2.05) is 0 Å². The molecule has 0 spiro atoms. The third-order valence-electron chi connectivity index (χ3n) is 8.50. The van der Waals surface area contributed by atoms with Crippen molar-refractivity contribution in [2.24, 2.45) is 0 Å². The third-order valence-corrected chi connectivity index (χ3v) is 13.9. The molecule has 5 aromatic carbocycles. The van der Waals surface area contributed by atoms with Gasteiger partial charge in [0, 0.05) is 0 Å². The van der Waals surface area contributed by atoms with Gasteiger partial charge in [-0.15, -0.1) is 16.4 Å². The summed E-state index contributed by atoms with van der Waals surface area (Å²) in [5.41, 5.74) is -8.91. The second kappa shape index (κ2) is 13.5. The molecule has 0 unspecified atom stereocenters. The summed E-state index contributed by atoms with van der Waals surface area (Å²) >= 11 is 6.44. The first-order valence-corrected chi connectivity index (χ1v) is 16.5.